The first-order chi connectivity index (χ1) is 11.3. The maximum atomic E-state index is 12.2. The highest BCUT2D eigenvalue weighted by Gasteiger charge is 2.21. The van der Waals surface area contributed by atoms with Crippen molar-refractivity contribution < 1.29 is 14.3 Å². The number of aryl methyl sites for hydroxylation is 2. The second-order valence-electron chi connectivity index (χ2n) is 5.46. The molecule has 8 heteroatoms. The summed E-state index contributed by atoms with van der Waals surface area (Å²) in [5, 5.41) is 6.92. The van der Waals surface area contributed by atoms with Gasteiger partial charge in [-0.25, -0.2) is 0 Å². The average Bonchev–Trinajstić information content (AvgIpc) is 2.75. The van der Waals surface area contributed by atoms with Gasteiger partial charge in [-0.05, 0) is 26.8 Å². The minimum Gasteiger partial charge on any atom is -0.451 e. The van der Waals surface area contributed by atoms with Crippen molar-refractivity contribution in [1.29, 1.82) is 0 Å². The van der Waals surface area contributed by atoms with Crippen molar-refractivity contribution in [2.75, 3.05) is 5.32 Å². The molecule has 0 spiro atoms. The van der Waals surface area contributed by atoms with E-state index in [1.165, 1.54) is 23.8 Å². The first-order valence-corrected chi connectivity index (χ1v) is 7.45. The third-order valence-electron chi connectivity index (χ3n) is 3.63. The summed E-state index contributed by atoms with van der Waals surface area (Å²) < 4.78 is 7.96. The molecule has 2 aromatic heterocycles. The number of pyridine rings is 1. The molecule has 0 aliphatic rings. The summed E-state index contributed by atoms with van der Waals surface area (Å²) in [5.41, 5.74) is 1.77. The van der Waals surface area contributed by atoms with Gasteiger partial charge in [0.2, 0.25) is 0 Å². The minimum atomic E-state index is -0.990. The van der Waals surface area contributed by atoms with E-state index in [4.69, 9.17) is 4.74 Å². The summed E-state index contributed by atoms with van der Waals surface area (Å²) in [7, 11) is 1.78. The van der Waals surface area contributed by atoms with Gasteiger partial charge in [-0.2, -0.15) is 5.10 Å². The zero-order valence-corrected chi connectivity index (χ0v) is 14.1. The zero-order chi connectivity index (χ0) is 17.9. The first-order valence-electron chi connectivity index (χ1n) is 7.45. The molecular formula is C16H20N4O4. The van der Waals surface area contributed by atoms with Crippen LogP contribution in [0.4, 0.5) is 5.69 Å². The molecule has 1 N–H and O–H groups in total. The van der Waals surface area contributed by atoms with Gasteiger partial charge in [0.05, 0.1) is 17.1 Å². The summed E-state index contributed by atoms with van der Waals surface area (Å²) in [6.07, 6.45) is 0.493. The Bertz CT molecular complexity index is 822. The largest absolute Gasteiger partial charge is 0.451 e. The molecule has 0 bridgehead atoms. The summed E-state index contributed by atoms with van der Waals surface area (Å²) >= 11 is 0. The predicted octanol–water partition coefficient (Wildman–Crippen LogP) is 0.769. The average molecular weight is 332 g/mol. The van der Waals surface area contributed by atoms with Gasteiger partial charge in [0.1, 0.15) is 6.54 Å². The predicted molar refractivity (Wildman–Crippen MR) is 87.6 cm³/mol. The number of rotatable bonds is 5. The van der Waals surface area contributed by atoms with Crippen LogP contribution in [0.25, 0.3) is 0 Å². The highest BCUT2D eigenvalue weighted by Crippen LogP contribution is 2.18. The Morgan fingerprint density at radius 1 is 1.33 bits per heavy atom. The molecule has 0 unspecified atom stereocenters. The molecular weight excluding hydrogens is 312 g/mol. The van der Waals surface area contributed by atoms with E-state index >= 15 is 0 Å². The summed E-state index contributed by atoms with van der Waals surface area (Å²) in [6, 6.07) is 4.56. The number of ether oxygens (including phenoxy) is 1. The minimum absolute atomic E-state index is 0.248. The summed E-state index contributed by atoms with van der Waals surface area (Å²) in [6.45, 7) is 4.83. The number of nitrogens with zero attached hydrogens (tertiary/aromatic N) is 3. The Morgan fingerprint density at radius 3 is 2.62 bits per heavy atom. The molecule has 1 amide bonds. The van der Waals surface area contributed by atoms with Crippen LogP contribution in [0.2, 0.25) is 0 Å². The molecule has 0 aliphatic heterocycles. The van der Waals surface area contributed by atoms with Crippen molar-refractivity contribution in [2.24, 2.45) is 7.05 Å². The van der Waals surface area contributed by atoms with Gasteiger partial charge < -0.3 is 14.6 Å². The van der Waals surface area contributed by atoms with Crippen LogP contribution in [0.15, 0.2) is 29.2 Å². The number of carbonyl (C=O) groups is 2. The highest BCUT2D eigenvalue weighted by molar-refractivity contribution is 5.96. The molecule has 8 nitrogen and oxygen atoms in total. The molecule has 0 aliphatic carbocycles. The van der Waals surface area contributed by atoms with Crippen LogP contribution in [-0.2, 0) is 27.9 Å². The lowest BCUT2D eigenvalue weighted by atomic mass is 10.3. The Kier molecular flexibility index (Phi) is 5.18. The lowest BCUT2D eigenvalue weighted by Crippen LogP contribution is -2.33. The van der Waals surface area contributed by atoms with Crippen molar-refractivity contribution in [1.82, 2.24) is 14.3 Å². The van der Waals surface area contributed by atoms with Crippen LogP contribution < -0.4 is 10.9 Å². The number of esters is 1. The van der Waals surface area contributed by atoms with E-state index in [-0.39, 0.29) is 12.1 Å². The molecule has 2 rings (SSSR count). The van der Waals surface area contributed by atoms with E-state index in [1.807, 2.05) is 6.92 Å². The molecule has 0 aromatic carbocycles. The second kappa shape index (κ2) is 7.12. The van der Waals surface area contributed by atoms with Crippen molar-refractivity contribution in [3.8, 4) is 0 Å². The van der Waals surface area contributed by atoms with E-state index in [2.05, 4.69) is 10.4 Å². The maximum absolute atomic E-state index is 12.2. The quantitative estimate of drug-likeness (QED) is 0.816. The maximum Gasteiger partial charge on any atom is 0.326 e. The van der Waals surface area contributed by atoms with Gasteiger partial charge in [0.25, 0.3) is 11.5 Å². The lowest BCUT2D eigenvalue weighted by Gasteiger charge is -2.14. The van der Waals surface area contributed by atoms with E-state index in [9.17, 15) is 14.4 Å². The molecule has 24 heavy (non-hydrogen) atoms. The monoisotopic (exact) mass is 332 g/mol. The zero-order valence-electron chi connectivity index (χ0n) is 14.1. The van der Waals surface area contributed by atoms with Crippen LogP contribution >= 0.6 is 0 Å². The summed E-state index contributed by atoms with van der Waals surface area (Å²) in [4.78, 5) is 35.6. The molecule has 1 atom stereocenters. The first kappa shape index (κ1) is 17.5. The number of anilines is 1. The van der Waals surface area contributed by atoms with Gasteiger partial charge in [0.15, 0.2) is 6.10 Å². The van der Waals surface area contributed by atoms with Gasteiger partial charge in [0, 0.05) is 19.3 Å². The Labute approximate surface area is 139 Å². The van der Waals surface area contributed by atoms with E-state index in [0.29, 0.717) is 11.4 Å². The Hall–Kier alpha value is -2.90. The molecule has 0 saturated carbocycles. The van der Waals surface area contributed by atoms with Crippen LogP contribution in [0, 0.1) is 13.8 Å². The lowest BCUT2D eigenvalue weighted by molar-refractivity contribution is -0.153. The molecule has 2 aromatic rings. The van der Waals surface area contributed by atoms with Crippen LogP contribution in [0.1, 0.15) is 18.3 Å². The third-order valence-corrected chi connectivity index (χ3v) is 3.63. The Balaban J connectivity index is 1.97. The topological polar surface area (TPSA) is 95.2 Å². The van der Waals surface area contributed by atoms with Crippen molar-refractivity contribution in [3.05, 3.63) is 46.1 Å². The number of hydrogen-bond acceptors (Lipinski definition) is 5. The normalized spacial score (nSPS) is 11.8. The van der Waals surface area contributed by atoms with E-state index < -0.39 is 18.0 Å². The van der Waals surface area contributed by atoms with Gasteiger partial charge in [-0.15, -0.1) is 0 Å². The second-order valence-corrected chi connectivity index (χ2v) is 5.46. The Morgan fingerprint density at radius 2 is 2.04 bits per heavy atom. The number of nitrogens with one attached hydrogen (secondary N) is 1. The van der Waals surface area contributed by atoms with Crippen LogP contribution in [0.5, 0.6) is 0 Å². The number of hydrogen-bond donors (Lipinski definition) is 1. The van der Waals surface area contributed by atoms with Crippen LogP contribution in [0.3, 0.4) is 0 Å². The molecule has 0 radical (unpaired) electrons. The number of carbonyl (C=O) groups excluding carboxylic acids is 2. The van der Waals surface area contributed by atoms with Crippen molar-refractivity contribution in [2.45, 2.75) is 33.4 Å². The standard InChI is InChI=1S/C16H20N4O4/c1-10-15(11(2)19(4)18-10)17-16(23)12(3)24-14(22)9-20-8-6-5-7-13(20)21/h5-8,12H,9H2,1-4H3,(H,17,23)/t12-/m1/s1. The smallest absolute Gasteiger partial charge is 0.326 e. The number of aromatic nitrogens is 3. The van der Waals surface area contributed by atoms with Gasteiger partial charge in [-0.3, -0.25) is 19.1 Å². The van der Waals surface area contributed by atoms with Gasteiger partial charge in [-0.1, -0.05) is 6.07 Å². The third kappa shape index (κ3) is 3.89. The van der Waals surface area contributed by atoms with E-state index in [1.54, 1.807) is 30.8 Å². The molecule has 0 fully saturated rings. The highest BCUT2D eigenvalue weighted by atomic mass is 16.5. The SMILES string of the molecule is Cc1nn(C)c(C)c1NC(=O)[C@@H](C)OC(=O)Cn1ccccc1=O. The van der Waals surface area contributed by atoms with E-state index in [0.717, 1.165) is 5.69 Å². The van der Waals surface area contributed by atoms with Crippen LogP contribution in [-0.4, -0.2) is 32.3 Å². The van der Waals surface area contributed by atoms with Gasteiger partial charge >= 0.3 is 5.97 Å². The fraction of sp³-hybridized carbons (Fsp3) is 0.375. The fourth-order valence-corrected chi connectivity index (χ4v) is 2.20. The fourth-order valence-electron chi connectivity index (χ4n) is 2.20. The molecule has 128 valence electrons. The van der Waals surface area contributed by atoms with Crippen molar-refractivity contribution >= 4 is 17.6 Å². The molecule has 2 heterocycles. The van der Waals surface area contributed by atoms with Crippen molar-refractivity contribution in [3.63, 3.8) is 0 Å². The summed E-state index contributed by atoms with van der Waals surface area (Å²) in [5.74, 6) is -1.12. The number of amides is 1. The molecule has 0 saturated heterocycles.